The van der Waals surface area contributed by atoms with E-state index >= 15 is 0 Å². The van der Waals surface area contributed by atoms with Gasteiger partial charge in [0.2, 0.25) is 0 Å². The molecule has 1 aromatic carbocycles. The standard InChI is InChI=1S/C20H27N3OS/c1-22(15-19-21-9-12-25-19)18-13-20(18)7-10-23(11-8-20)14-16-3-5-17(24-2)6-4-16/h3-6,9,12,18H,7-8,10-11,13-15H2,1-2H3/t18-/m1/s1. The van der Waals surface area contributed by atoms with Crippen molar-refractivity contribution >= 4 is 11.3 Å². The number of piperidine rings is 1. The molecule has 134 valence electrons. The largest absolute Gasteiger partial charge is 0.497 e. The maximum absolute atomic E-state index is 5.24. The van der Waals surface area contributed by atoms with Crippen LogP contribution in [0.3, 0.4) is 0 Å². The number of thiazole rings is 1. The Morgan fingerprint density at radius 3 is 2.68 bits per heavy atom. The van der Waals surface area contributed by atoms with Crippen molar-refractivity contribution in [3.63, 3.8) is 0 Å². The normalized spacial score (nSPS) is 22.4. The lowest BCUT2D eigenvalue weighted by Crippen LogP contribution is -2.37. The maximum atomic E-state index is 5.24. The second kappa shape index (κ2) is 7.06. The lowest BCUT2D eigenvalue weighted by molar-refractivity contribution is 0.139. The molecule has 4 nitrogen and oxygen atoms in total. The van der Waals surface area contributed by atoms with Gasteiger partial charge >= 0.3 is 0 Å². The minimum atomic E-state index is 0.572. The Morgan fingerprint density at radius 1 is 1.28 bits per heavy atom. The zero-order valence-corrected chi connectivity index (χ0v) is 16.0. The van der Waals surface area contributed by atoms with E-state index in [0.717, 1.165) is 24.9 Å². The first-order valence-corrected chi connectivity index (χ1v) is 10.0. The molecule has 2 fully saturated rings. The van der Waals surface area contributed by atoms with Gasteiger partial charge < -0.3 is 4.74 Å². The highest BCUT2D eigenvalue weighted by Gasteiger charge is 2.56. The molecule has 1 atom stereocenters. The van der Waals surface area contributed by atoms with Crippen molar-refractivity contribution in [3.05, 3.63) is 46.4 Å². The zero-order chi connectivity index (χ0) is 17.3. The molecule has 2 aliphatic rings. The Balaban J connectivity index is 1.27. The average molecular weight is 358 g/mol. The Bertz CT molecular complexity index is 677. The van der Waals surface area contributed by atoms with Gasteiger partial charge in [0.05, 0.1) is 13.7 Å². The second-order valence-electron chi connectivity index (χ2n) is 7.55. The van der Waals surface area contributed by atoms with E-state index in [2.05, 4.69) is 51.5 Å². The van der Waals surface area contributed by atoms with Crippen molar-refractivity contribution in [1.82, 2.24) is 14.8 Å². The summed E-state index contributed by atoms with van der Waals surface area (Å²) < 4.78 is 5.24. The van der Waals surface area contributed by atoms with E-state index in [4.69, 9.17) is 4.74 Å². The smallest absolute Gasteiger partial charge is 0.118 e. The third-order valence-corrected chi connectivity index (χ3v) is 6.73. The molecule has 1 aromatic heterocycles. The van der Waals surface area contributed by atoms with Crippen molar-refractivity contribution in [3.8, 4) is 5.75 Å². The van der Waals surface area contributed by atoms with Crippen LogP contribution in [0.2, 0.25) is 0 Å². The average Bonchev–Trinajstić information content (AvgIpc) is 3.09. The van der Waals surface area contributed by atoms with Crippen LogP contribution in [-0.2, 0) is 13.1 Å². The molecule has 0 radical (unpaired) electrons. The molecule has 0 N–H and O–H groups in total. The minimum Gasteiger partial charge on any atom is -0.497 e. The summed E-state index contributed by atoms with van der Waals surface area (Å²) >= 11 is 1.77. The van der Waals surface area contributed by atoms with Crippen LogP contribution in [0.4, 0.5) is 0 Å². The number of aromatic nitrogens is 1. The number of hydrogen-bond donors (Lipinski definition) is 0. The Labute approximate surface area is 154 Å². The quantitative estimate of drug-likeness (QED) is 0.789. The Kier molecular flexibility index (Phi) is 4.80. The summed E-state index contributed by atoms with van der Waals surface area (Å²) in [4.78, 5) is 9.56. The number of ether oxygens (including phenoxy) is 1. The van der Waals surface area contributed by atoms with E-state index in [1.54, 1.807) is 18.4 Å². The molecule has 1 spiro atoms. The van der Waals surface area contributed by atoms with Crippen molar-refractivity contribution in [1.29, 1.82) is 0 Å². The Hall–Kier alpha value is -1.43. The summed E-state index contributed by atoms with van der Waals surface area (Å²) in [6.45, 7) is 4.49. The molecule has 0 amide bonds. The van der Waals surface area contributed by atoms with E-state index in [1.807, 2.05) is 6.20 Å². The topological polar surface area (TPSA) is 28.6 Å². The molecule has 1 aliphatic carbocycles. The number of hydrogen-bond acceptors (Lipinski definition) is 5. The van der Waals surface area contributed by atoms with Crippen LogP contribution in [0.1, 0.15) is 29.8 Å². The van der Waals surface area contributed by atoms with Crippen molar-refractivity contribution in [2.45, 2.75) is 38.4 Å². The molecule has 1 saturated heterocycles. The number of methoxy groups -OCH3 is 1. The molecule has 1 saturated carbocycles. The van der Waals surface area contributed by atoms with E-state index in [1.165, 1.54) is 42.9 Å². The van der Waals surface area contributed by atoms with E-state index in [-0.39, 0.29) is 0 Å². The summed E-state index contributed by atoms with van der Waals surface area (Å²) in [6.07, 6.45) is 5.94. The van der Waals surface area contributed by atoms with E-state index in [0.29, 0.717) is 5.41 Å². The third-order valence-electron chi connectivity index (χ3n) is 5.96. The SMILES string of the molecule is COc1ccc(CN2CCC3(CC2)C[C@H]3N(C)Cc2nccs2)cc1. The van der Waals surface area contributed by atoms with Crippen LogP contribution in [0.5, 0.6) is 5.75 Å². The fraction of sp³-hybridized carbons (Fsp3) is 0.550. The van der Waals surface area contributed by atoms with Crippen LogP contribution in [-0.4, -0.2) is 48.1 Å². The van der Waals surface area contributed by atoms with Gasteiger partial charge in [0.1, 0.15) is 10.8 Å². The highest BCUT2D eigenvalue weighted by molar-refractivity contribution is 7.09. The predicted octanol–water partition coefficient (Wildman–Crippen LogP) is 3.64. The first kappa shape index (κ1) is 17.0. The van der Waals surface area contributed by atoms with Crippen LogP contribution >= 0.6 is 11.3 Å². The maximum Gasteiger partial charge on any atom is 0.118 e. The molecule has 5 heteroatoms. The molecule has 0 unspecified atom stereocenters. The van der Waals surface area contributed by atoms with E-state index in [9.17, 15) is 0 Å². The number of benzene rings is 1. The van der Waals surface area contributed by atoms with Gasteiger partial charge in [-0.25, -0.2) is 4.98 Å². The molecular formula is C20H27N3OS. The highest BCUT2D eigenvalue weighted by Crippen LogP contribution is 2.56. The van der Waals surface area contributed by atoms with Crippen molar-refractivity contribution in [2.24, 2.45) is 5.41 Å². The second-order valence-corrected chi connectivity index (χ2v) is 8.53. The molecule has 0 bridgehead atoms. The monoisotopic (exact) mass is 357 g/mol. The van der Waals surface area contributed by atoms with Gasteiger partial charge in [-0.1, -0.05) is 12.1 Å². The molecule has 4 rings (SSSR count). The van der Waals surface area contributed by atoms with Gasteiger partial charge in [-0.3, -0.25) is 9.80 Å². The van der Waals surface area contributed by atoms with Gasteiger partial charge in [-0.15, -0.1) is 11.3 Å². The van der Waals surface area contributed by atoms with E-state index < -0.39 is 0 Å². The van der Waals surface area contributed by atoms with Gasteiger partial charge in [0, 0.05) is 24.2 Å². The zero-order valence-electron chi connectivity index (χ0n) is 15.1. The molecule has 25 heavy (non-hydrogen) atoms. The summed E-state index contributed by atoms with van der Waals surface area (Å²) in [5.74, 6) is 0.936. The highest BCUT2D eigenvalue weighted by atomic mass is 32.1. The lowest BCUT2D eigenvalue weighted by atomic mass is 9.92. The molecule has 2 aromatic rings. The number of likely N-dealkylation sites (tertiary alicyclic amines) is 1. The molecular weight excluding hydrogens is 330 g/mol. The molecule has 2 heterocycles. The third kappa shape index (κ3) is 3.73. The summed E-state index contributed by atoms with van der Waals surface area (Å²) in [6, 6.07) is 9.24. The first-order valence-electron chi connectivity index (χ1n) is 9.12. The Morgan fingerprint density at radius 2 is 2.04 bits per heavy atom. The van der Waals surface area contributed by atoms with Gasteiger partial charge in [-0.05, 0) is 62.5 Å². The minimum absolute atomic E-state index is 0.572. The van der Waals surface area contributed by atoms with Crippen molar-refractivity contribution < 1.29 is 4.74 Å². The summed E-state index contributed by atoms with van der Waals surface area (Å²) in [5.41, 5.74) is 1.95. The predicted molar refractivity (Wildman–Crippen MR) is 102 cm³/mol. The summed E-state index contributed by atoms with van der Waals surface area (Å²) in [7, 11) is 3.99. The van der Waals surface area contributed by atoms with Crippen LogP contribution in [0, 0.1) is 5.41 Å². The lowest BCUT2D eigenvalue weighted by Gasteiger charge is -2.34. The van der Waals surface area contributed by atoms with Gasteiger partial charge in [-0.2, -0.15) is 0 Å². The van der Waals surface area contributed by atoms with Crippen molar-refractivity contribution in [2.75, 3.05) is 27.2 Å². The number of rotatable bonds is 6. The number of nitrogens with zero attached hydrogens (tertiary/aromatic N) is 3. The van der Waals surface area contributed by atoms with Crippen LogP contribution < -0.4 is 4.74 Å². The van der Waals surface area contributed by atoms with Gasteiger partial charge in [0.25, 0.3) is 0 Å². The van der Waals surface area contributed by atoms with Crippen LogP contribution in [0.25, 0.3) is 0 Å². The summed E-state index contributed by atoms with van der Waals surface area (Å²) in [5, 5.41) is 3.31. The molecule has 1 aliphatic heterocycles. The fourth-order valence-electron chi connectivity index (χ4n) is 4.29. The van der Waals surface area contributed by atoms with Gasteiger partial charge in [0.15, 0.2) is 0 Å². The van der Waals surface area contributed by atoms with Crippen LogP contribution in [0.15, 0.2) is 35.8 Å². The fourth-order valence-corrected chi connectivity index (χ4v) is 4.97. The first-order chi connectivity index (χ1) is 12.2.